The van der Waals surface area contributed by atoms with E-state index >= 15 is 0 Å². The van der Waals surface area contributed by atoms with Crippen LogP contribution in [0.3, 0.4) is 0 Å². The van der Waals surface area contributed by atoms with E-state index in [1.807, 2.05) is 0 Å². The molecule has 1 rings (SSSR count). The number of likely N-dealkylation sites (N-methyl/N-ethyl adjacent to an activating group) is 1. The standard InChI is InChI=1S/C11H18N4O3/c1-15(5-7(16)6-18-2)9-4-14-10(12)3-8(9)11(13)17/h3-4,7,16H,5-6H2,1-2H3,(H2,12,14)(H2,13,17). The largest absolute Gasteiger partial charge is 0.389 e. The number of amides is 1. The molecular formula is C11H18N4O3. The average molecular weight is 254 g/mol. The topological polar surface area (TPSA) is 115 Å². The zero-order valence-electron chi connectivity index (χ0n) is 10.5. The van der Waals surface area contributed by atoms with Crippen LogP contribution >= 0.6 is 0 Å². The van der Waals surface area contributed by atoms with E-state index in [4.69, 9.17) is 16.2 Å². The summed E-state index contributed by atoms with van der Waals surface area (Å²) < 4.78 is 4.83. The summed E-state index contributed by atoms with van der Waals surface area (Å²) in [5.41, 5.74) is 11.6. The molecule has 0 saturated carbocycles. The van der Waals surface area contributed by atoms with Crippen LogP contribution in [0.2, 0.25) is 0 Å². The van der Waals surface area contributed by atoms with Crippen molar-refractivity contribution in [2.75, 3.05) is 37.9 Å². The van der Waals surface area contributed by atoms with Gasteiger partial charge in [-0.25, -0.2) is 4.98 Å². The number of aliphatic hydroxyl groups is 1. The van der Waals surface area contributed by atoms with E-state index < -0.39 is 12.0 Å². The molecule has 0 spiro atoms. The summed E-state index contributed by atoms with van der Waals surface area (Å²) in [4.78, 5) is 16.9. The minimum Gasteiger partial charge on any atom is -0.389 e. The van der Waals surface area contributed by atoms with Gasteiger partial charge in [0.15, 0.2) is 0 Å². The maximum atomic E-state index is 11.3. The summed E-state index contributed by atoms with van der Waals surface area (Å²) in [6.07, 6.45) is 0.785. The minimum atomic E-state index is -0.668. The van der Waals surface area contributed by atoms with E-state index in [-0.39, 0.29) is 18.0 Å². The number of hydrogen-bond donors (Lipinski definition) is 3. The van der Waals surface area contributed by atoms with E-state index in [1.54, 1.807) is 11.9 Å². The highest BCUT2D eigenvalue weighted by Crippen LogP contribution is 2.19. The number of nitrogen functional groups attached to an aromatic ring is 1. The average Bonchev–Trinajstić information content (AvgIpc) is 2.28. The number of aromatic nitrogens is 1. The van der Waals surface area contributed by atoms with Crippen LogP contribution in [0.25, 0.3) is 0 Å². The van der Waals surface area contributed by atoms with Crippen molar-refractivity contribution in [3.63, 3.8) is 0 Å². The molecule has 0 fully saturated rings. The highest BCUT2D eigenvalue weighted by atomic mass is 16.5. The van der Waals surface area contributed by atoms with Gasteiger partial charge < -0.3 is 26.2 Å². The monoisotopic (exact) mass is 254 g/mol. The second-order valence-corrected chi connectivity index (χ2v) is 3.98. The summed E-state index contributed by atoms with van der Waals surface area (Å²) in [6.45, 7) is 0.498. The summed E-state index contributed by atoms with van der Waals surface area (Å²) in [5, 5.41) is 9.64. The number of nitrogens with zero attached hydrogens (tertiary/aromatic N) is 2. The lowest BCUT2D eigenvalue weighted by Gasteiger charge is -2.23. The molecule has 1 aromatic heterocycles. The second-order valence-electron chi connectivity index (χ2n) is 3.98. The van der Waals surface area contributed by atoms with Gasteiger partial charge in [-0.2, -0.15) is 0 Å². The highest BCUT2D eigenvalue weighted by molar-refractivity contribution is 5.99. The predicted molar refractivity (Wildman–Crippen MR) is 68.3 cm³/mol. The maximum absolute atomic E-state index is 11.3. The molecule has 1 unspecified atom stereocenters. The van der Waals surface area contributed by atoms with Crippen LogP contribution in [0.5, 0.6) is 0 Å². The van der Waals surface area contributed by atoms with Crippen molar-refractivity contribution >= 4 is 17.4 Å². The zero-order valence-corrected chi connectivity index (χ0v) is 10.5. The lowest BCUT2D eigenvalue weighted by Crippen LogP contribution is -2.33. The van der Waals surface area contributed by atoms with Crippen molar-refractivity contribution < 1.29 is 14.6 Å². The molecule has 1 atom stereocenters. The van der Waals surface area contributed by atoms with Gasteiger partial charge in [0, 0.05) is 20.7 Å². The Morgan fingerprint density at radius 1 is 1.67 bits per heavy atom. The molecule has 18 heavy (non-hydrogen) atoms. The Labute approximate surface area is 105 Å². The quantitative estimate of drug-likeness (QED) is 0.612. The molecule has 1 amide bonds. The Hall–Kier alpha value is -1.86. The first-order valence-corrected chi connectivity index (χ1v) is 5.39. The first-order valence-electron chi connectivity index (χ1n) is 5.39. The summed E-state index contributed by atoms with van der Waals surface area (Å²) >= 11 is 0. The fourth-order valence-corrected chi connectivity index (χ4v) is 1.63. The van der Waals surface area contributed by atoms with Crippen LogP contribution in [0.4, 0.5) is 11.5 Å². The van der Waals surface area contributed by atoms with Gasteiger partial charge in [0.05, 0.1) is 30.2 Å². The molecule has 0 bridgehead atoms. The van der Waals surface area contributed by atoms with E-state index in [9.17, 15) is 9.90 Å². The number of hydrogen-bond acceptors (Lipinski definition) is 6. The summed E-state index contributed by atoms with van der Waals surface area (Å²) in [7, 11) is 3.22. The second kappa shape index (κ2) is 6.18. The number of anilines is 2. The van der Waals surface area contributed by atoms with Crippen LogP contribution in [-0.2, 0) is 4.74 Å². The number of methoxy groups -OCH3 is 1. The summed E-state index contributed by atoms with van der Waals surface area (Å²) in [5.74, 6) is -0.370. The van der Waals surface area contributed by atoms with Crippen molar-refractivity contribution in [1.29, 1.82) is 0 Å². The van der Waals surface area contributed by atoms with Crippen LogP contribution in [0, 0.1) is 0 Å². The zero-order chi connectivity index (χ0) is 13.7. The van der Waals surface area contributed by atoms with E-state index in [2.05, 4.69) is 4.98 Å². The number of pyridine rings is 1. The Morgan fingerprint density at radius 3 is 2.89 bits per heavy atom. The van der Waals surface area contributed by atoms with E-state index in [1.165, 1.54) is 19.4 Å². The lowest BCUT2D eigenvalue weighted by atomic mass is 10.2. The molecule has 0 aliphatic carbocycles. The minimum absolute atomic E-state index is 0.207. The molecule has 5 N–H and O–H groups in total. The molecule has 0 aromatic carbocycles. The van der Waals surface area contributed by atoms with Crippen molar-refractivity contribution in [1.82, 2.24) is 4.98 Å². The number of rotatable bonds is 6. The third kappa shape index (κ3) is 3.57. The van der Waals surface area contributed by atoms with Crippen molar-refractivity contribution in [2.45, 2.75) is 6.10 Å². The number of aliphatic hydroxyl groups excluding tert-OH is 1. The Morgan fingerprint density at radius 2 is 2.33 bits per heavy atom. The molecule has 7 heteroatoms. The first kappa shape index (κ1) is 14.2. The van der Waals surface area contributed by atoms with Gasteiger partial charge in [-0.15, -0.1) is 0 Å². The van der Waals surface area contributed by atoms with Gasteiger partial charge in [0.2, 0.25) is 0 Å². The smallest absolute Gasteiger partial charge is 0.251 e. The van der Waals surface area contributed by atoms with Crippen molar-refractivity contribution in [2.24, 2.45) is 5.73 Å². The first-order chi connectivity index (χ1) is 8.45. The maximum Gasteiger partial charge on any atom is 0.251 e. The van der Waals surface area contributed by atoms with E-state index in [0.717, 1.165) is 0 Å². The molecular weight excluding hydrogens is 236 g/mol. The van der Waals surface area contributed by atoms with Gasteiger partial charge in [-0.05, 0) is 6.07 Å². The Kier molecular flexibility index (Phi) is 4.87. The molecule has 7 nitrogen and oxygen atoms in total. The van der Waals surface area contributed by atoms with Crippen molar-refractivity contribution in [3.05, 3.63) is 17.8 Å². The fraction of sp³-hybridized carbons (Fsp3) is 0.455. The third-order valence-corrected chi connectivity index (χ3v) is 2.42. The van der Waals surface area contributed by atoms with Gasteiger partial charge in [0.1, 0.15) is 5.82 Å². The Balaban J connectivity index is 2.91. The Bertz CT molecular complexity index is 425. The van der Waals surface area contributed by atoms with Crippen LogP contribution in [0.1, 0.15) is 10.4 Å². The van der Waals surface area contributed by atoms with Crippen LogP contribution < -0.4 is 16.4 Å². The van der Waals surface area contributed by atoms with Crippen LogP contribution in [-0.4, -0.2) is 49.4 Å². The number of carbonyl (C=O) groups is 1. The molecule has 100 valence electrons. The molecule has 0 radical (unpaired) electrons. The van der Waals surface area contributed by atoms with Crippen molar-refractivity contribution in [3.8, 4) is 0 Å². The fourth-order valence-electron chi connectivity index (χ4n) is 1.63. The number of nitrogens with two attached hydrogens (primary N) is 2. The molecule has 1 heterocycles. The number of carbonyl (C=O) groups excluding carboxylic acids is 1. The number of primary amides is 1. The SMILES string of the molecule is COCC(O)CN(C)c1cnc(N)cc1C(N)=O. The van der Waals surface area contributed by atoms with Gasteiger partial charge >= 0.3 is 0 Å². The normalized spacial score (nSPS) is 12.2. The van der Waals surface area contributed by atoms with Crippen LogP contribution in [0.15, 0.2) is 12.3 Å². The molecule has 0 aliphatic heterocycles. The molecule has 0 saturated heterocycles. The highest BCUT2D eigenvalue weighted by Gasteiger charge is 2.15. The predicted octanol–water partition coefficient (Wildman–Crippen LogP) is -0.794. The molecule has 1 aromatic rings. The van der Waals surface area contributed by atoms with Gasteiger partial charge in [-0.3, -0.25) is 4.79 Å². The lowest BCUT2D eigenvalue weighted by molar-refractivity contribution is 0.0694. The van der Waals surface area contributed by atoms with Gasteiger partial charge in [-0.1, -0.05) is 0 Å². The third-order valence-electron chi connectivity index (χ3n) is 2.42. The van der Waals surface area contributed by atoms with Gasteiger partial charge in [0.25, 0.3) is 5.91 Å². The van der Waals surface area contributed by atoms with E-state index in [0.29, 0.717) is 12.2 Å². The number of ether oxygens (including phenoxy) is 1. The summed E-state index contributed by atoms with van der Waals surface area (Å²) in [6, 6.07) is 1.41. The molecule has 0 aliphatic rings.